The van der Waals surface area contributed by atoms with Crippen molar-refractivity contribution in [1.82, 2.24) is 4.90 Å². The van der Waals surface area contributed by atoms with Gasteiger partial charge in [-0.2, -0.15) is 0 Å². The minimum Gasteiger partial charge on any atom is -0.493 e. The summed E-state index contributed by atoms with van der Waals surface area (Å²) in [6.07, 6.45) is 1.02. The third kappa shape index (κ3) is 3.82. The molecule has 0 amide bonds. The highest BCUT2D eigenvalue weighted by Gasteiger charge is 2.27. The first-order chi connectivity index (χ1) is 13.7. The van der Waals surface area contributed by atoms with Crippen LogP contribution in [0.4, 0.5) is 5.69 Å². The molecule has 2 aromatic rings. The van der Waals surface area contributed by atoms with Gasteiger partial charge in [-0.3, -0.25) is 4.90 Å². The zero-order valence-electron chi connectivity index (χ0n) is 17.1. The lowest BCUT2D eigenvalue weighted by Crippen LogP contribution is -2.48. The Morgan fingerprint density at radius 2 is 1.71 bits per heavy atom. The van der Waals surface area contributed by atoms with Gasteiger partial charge in [0, 0.05) is 38.4 Å². The highest BCUT2D eigenvalue weighted by Crippen LogP contribution is 2.37. The van der Waals surface area contributed by atoms with Gasteiger partial charge < -0.3 is 19.1 Å². The molecule has 1 unspecified atom stereocenters. The summed E-state index contributed by atoms with van der Waals surface area (Å²) in [5.41, 5.74) is 5.26. The number of ether oxygens (including phenoxy) is 3. The van der Waals surface area contributed by atoms with E-state index in [-0.39, 0.29) is 6.10 Å². The van der Waals surface area contributed by atoms with Crippen molar-refractivity contribution in [3.05, 3.63) is 53.1 Å². The fraction of sp³-hybridized carbons (Fsp3) is 0.478. The molecule has 5 nitrogen and oxygen atoms in total. The van der Waals surface area contributed by atoms with Crippen molar-refractivity contribution < 1.29 is 14.2 Å². The fourth-order valence-corrected chi connectivity index (χ4v) is 4.33. The molecular weight excluding hydrogens is 352 g/mol. The SMILES string of the molecule is COc1cc2c(cc1OC)C(CN1CCN(c3ccccc3C)CC1)OCC2. The normalized spacial score (nSPS) is 20.0. The molecular formula is C23H30N2O3. The molecule has 1 saturated heterocycles. The first-order valence-electron chi connectivity index (χ1n) is 10.1. The average molecular weight is 383 g/mol. The monoisotopic (exact) mass is 382 g/mol. The molecule has 2 aliphatic heterocycles. The molecule has 0 bridgehead atoms. The van der Waals surface area contributed by atoms with Crippen molar-refractivity contribution in [2.24, 2.45) is 0 Å². The first kappa shape index (κ1) is 19.1. The van der Waals surface area contributed by atoms with E-state index in [1.165, 1.54) is 22.4 Å². The second kappa shape index (κ2) is 8.41. The Balaban J connectivity index is 1.43. The summed E-state index contributed by atoms with van der Waals surface area (Å²) < 4.78 is 17.1. The fourth-order valence-electron chi connectivity index (χ4n) is 4.33. The number of methoxy groups -OCH3 is 2. The number of nitrogens with zero attached hydrogens (tertiary/aromatic N) is 2. The van der Waals surface area contributed by atoms with Crippen molar-refractivity contribution in [2.75, 3.05) is 58.5 Å². The minimum atomic E-state index is 0.0913. The van der Waals surface area contributed by atoms with E-state index in [2.05, 4.69) is 53.1 Å². The molecule has 5 heteroatoms. The minimum absolute atomic E-state index is 0.0913. The number of rotatable bonds is 5. The number of anilines is 1. The van der Waals surface area contributed by atoms with Gasteiger partial charge in [0.05, 0.1) is 26.9 Å². The lowest BCUT2D eigenvalue weighted by Gasteiger charge is -2.39. The first-order valence-corrected chi connectivity index (χ1v) is 10.1. The number of benzene rings is 2. The maximum absolute atomic E-state index is 6.16. The number of para-hydroxylation sites is 1. The molecule has 0 aliphatic carbocycles. The third-order valence-electron chi connectivity index (χ3n) is 5.94. The van der Waals surface area contributed by atoms with E-state index in [0.29, 0.717) is 0 Å². The second-order valence-corrected chi connectivity index (χ2v) is 7.59. The van der Waals surface area contributed by atoms with Crippen LogP contribution in [0.5, 0.6) is 11.5 Å². The predicted octanol–water partition coefficient (Wildman–Crippen LogP) is 3.45. The van der Waals surface area contributed by atoms with Crippen LogP contribution in [-0.4, -0.2) is 58.5 Å². The highest BCUT2D eigenvalue weighted by molar-refractivity contribution is 5.53. The van der Waals surface area contributed by atoms with Crippen LogP contribution in [0.3, 0.4) is 0 Å². The lowest BCUT2D eigenvalue weighted by atomic mass is 9.96. The summed E-state index contributed by atoms with van der Waals surface area (Å²) in [6, 6.07) is 12.9. The molecule has 150 valence electrons. The van der Waals surface area contributed by atoms with E-state index in [0.717, 1.165) is 57.3 Å². The molecule has 2 aliphatic rings. The van der Waals surface area contributed by atoms with Crippen LogP contribution in [0.15, 0.2) is 36.4 Å². The zero-order valence-corrected chi connectivity index (χ0v) is 17.1. The summed E-state index contributed by atoms with van der Waals surface area (Å²) in [5, 5.41) is 0. The summed E-state index contributed by atoms with van der Waals surface area (Å²) in [4.78, 5) is 5.01. The topological polar surface area (TPSA) is 34.2 Å². The van der Waals surface area contributed by atoms with Crippen LogP contribution in [0.1, 0.15) is 22.8 Å². The molecule has 2 heterocycles. The van der Waals surface area contributed by atoms with E-state index in [1.807, 2.05) is 0 Å². The van der Waals surface area contributed by atoms with Crippen molar-refractivity contribution in [3.63, 3.8) is 0 Å². The van der Waals surface area contributed by atoms with Crippen LogP contribution in [0, 0.1) is 6.92 Å². The van der Waals surface area contributed by atoms with Crippen LogP contribution < -0.4 is 14.4 Å². The highest BCUT2D eigenvalue weighted by atomic mass is 16.5. The number of piperazine rings is 1. The van der Waals surface area contributed by atoms with E-state index < -0.39 is 0 Å². The molecule has 0 saturated carbocycles. The van der Waals surface area contributed by atoms with Gasteiger partial charge in [0.15, 0.2) is 11.5 Å². The Morgan fingerprint density at radius 3 is 2.43 bits per heavy atom. The van der Waals surface area contributed by atoms with Crippen LogP contribution in [-0.2, 0) is 11.2 Å². The average Bonchev–Trinajstić information content (AvgIpc) is 2.74. The van der Waals surface area contributed by atoms with E-state index in [4.69, 9.17) is 14.2 Å². The Labute approximate surface area is 167 Å². The van der Waals surface area contributed by atoms with Crippen molar-refractivity contribution >= 4 is 5.69 Å². The van der Waals surface area contributed by atoms with Crippen LogP contribution in [0.2, 0.25) is 0 Å². The second-order valence-electron chi connectivity index (χ2n) is 7.59. The Kier molecular flexibility index (Phi) is 5.74. The van der Waals surface area contributed by atoms with E-state index in [1.54, 1.807) is 14.2 Å². The maximum Gasteiger partial charge on any atom is 0.161 e. The molecule has 1 atom stereocenters. The van der Waals surface area contributed by atoms with Gasteiger partial charge in [-0.1, -0.05) is 18.2 Å². The van der Waals surface area contributed by atoms with Gasteiger partial charge in [-0.05, 0) is 48.2 Å². The summed E-state index contributed by atoms with van der Waals surface area (Å²) in [5.74, 6) is 1.58. The van der Waals surface area contributed by atoms with Gasteiger partial charge in [-0.15, -0.1) is 0 Å². The Hall–Kier alpha value is -2.24. The smallest absolute Gasteiger partial charge is 0.161 e. The van der Waals surface area contributed by atoms with Gasteiger partial charge in [-0.25, -0.2) is 0 Å². The number of hydrogen-bond donors (Lipinski definition) is 0. The van der Waals surface area contributed by atoms with Gasteiger partial charge >= 0.3 is 0 Å². The standard InChI is InChI=1S/C23H30N2O3/c1-17-6-4-5-7-20(17)25-11-9-24(10-12-25)16-23-19-15-22(27-3)21(26-2)14-18(19)8-13-28-23/h4-7,14-15,23H,8-13,16H2,1-3H3. The summed E-state index contributed by atoms with van der Waals surface area (Å²) >= 11 is 0. The molecule has 28 heavy (non-hydrogen) atoms. The molecule has 4 rings (SSSR count). The zero-order chi connectivity index (χ0) is 19.5. The number of aryl methyl sites for hydroxylation is 1. The van der Waals surface area contributed by atoms with E-state index >= 15 is 0 Å². The molecule has 2 aromatic carbocycles. The number of hydrogen-bond acceptors (Lipinski definition) is 5. The summed E-state index contributed by atoms with van der Waals surface area (Å²) in [7, 11) is 3.38. The Morgan fingerprint density at radius 1 is 1.00 bits per heavy atom. The molecule has 0 aromatic heterocycles. The van der Waals surface area contributed by atoms with Gasteiger partial charge in [0.2, 0.25) is 0 Å². The molecule has 0 radical (unpaired) electrons. The lowest BCUT2D eigenvalue weighted by molar-refractivity contribution is 0.0146. The van der Waals surface area contributed by atoms with Gasteiger partial charge in [0.1, 0.15) is 0 Å². The van der Waals surface area contributed by atoms with Crippen molar-refractivity contribution in [3.8, 4) is 11.5 Å². The third-order valence-corrected chi connectivity index (χ3v) is 5.94. The van der Waals surface area contributed by atoms with E-state index in [9.17, 15) is 0 Å². The summed E-state index contributed by atoms with van der Waals surface area (Å²) in [6.45, 7) is 8.08. The molecule has 0 spiro atoms. The quantitative estimate of drug-likeness (QED) is 0.791. The largest absolute Gasteiger partial charge is 0.493 e. The van der Waals surface area contributed by atoms with Crippen molar-refractivity contribution in [2.45, 2.75) is 19.4 Å². The van der Waals surface area contributed by atoms with Crippen LogP contribution in [0.25, 0.3) is 0 Å². The molecule has 1 fully saturated rings. The van der Waals surface area contributed by atoms with Crippen LogP contribution >= 0.6 is 0 Å². The maximum atomic E-state index is 6.16. The predicted molar refractivity (Wildman–Crippen MR) is 112 cm³/mol. The van der Waals surface area contributed by atoms with Gasteiger partial charge in [0.25, 0.3) is 0 Å². The Bertz CT molecular complexity index is 815. The molecule has 0 N–H and O–H groups in total. The van der Waals surface area contributed by atoms with Crippen molar-refractivity contribution in [1.29, 1.82) is 0 Å². The number of fused-ring (bicyclic) bond motifs is 1.